The molecule has 0 saturated carbocycles. The first-order chi connectivity index (χ1) is 24.1. The molecule has 0 radical (unpaired) electrons. The molecular weight excluding hydrogens is 722 g/mol. The number of ether oxygens (including phenoxy) is 1. The zero-order valence-electron chi connectivity index (χ0n) is 29.9. The highest BCUT2D eigenvalue weighted by molar-refractivity contribution is 7.91. The highest BCUT2D eigenvalue weighted by Gasteiger charge is 2.24. The molecule has 0 amide bonds. The van der Waals surface area contributed by atoms with E-state index in [0.29, 0.717) is 56.9 Å². The van der Waals surface area contributed by atoms with Crippen LogP contribution in [0.25, 0.3) is 20.5 Å². The second kappa shape index (κ2) is 19.4. The highest BCUT2D eigenvalue weighted by atomic mass is 35.5. The Morgan fingerprint density at radius 2 is 1.31 bits per heavy atom. The van der Waals surface area contributed by atoms with Crippen LogP contribution in [0.3, 0.4) is 0 Å². The Balaban J connectivity index is 0.00000583. The van der Waals surface area contributed by atoms with Crippen LogP contribution in [-0.4, -0.2) is 65.3 Å². The molecule has 1 saturated heterocycles. The standard InChI is InChI=1S/C40H51NO6S3.ClH/c1-3-5-7-12-28-49(43,44)34-20-16-32(17-21-34)40-38(36-23-22-35(30-37(36)48-40)50(45,46)29-13-8-6-4-2)39(42)31-14-18-33(19-15-31)47-27-26-41-24-10-9-11-25-41;/h14-23,30H,3-13,24-29H2,1-2H3;1H. The second-order valence-corrected chi connectivity index (χ2v) is 18.6. The summed E-state index contributed by atoms with van der Waals surface area (Å²) < 4.78 is 59.3. The molecule has 5 rings (SSSR count). The number of hydrogen-bond donors (Lipinski definition) is 0. The van der Waals surface area contributed by atoms with Crippen LogP contribution >= 0.6 is 23.7 Å². The number of halogens is 1. The predicted octanol–water partition coefficient (Wildman–Crippen LogP) is 9.79. The molecule has 0 N–H and O–H groups in total. The van der Waals surface area contributed by atoms with E-state index in [4.69, 9.17) is 4.74 Å². The second-order valence-electron chi connectivity index (χ2n) is 13.4. The van der Waals surface area contributed by atoms with Crippen molar-refractivity contribution in [1.82, 2.24) is 4.90 Å². The van der Waals surface area contributed by atoms with Gasteiger partial charge in [0, 0.05) is 32.6 Å². The Kier molecular flexibility index (Phi) is 15.6. The van der Waals surface area contributed by atoms with Gasteiger partial charge in [-0.3, -0.25) is 9.69 Å². The largest absolute Gasteiger partial charge is 0.492 e. The SMILES string of the molecule is CCCCCCS(=O)(=O)c1ccc(-c2sc3cc(S(=O)(=O)CCCCCC)ccc3c2C(=O)c2ccc(OCCN3CCCCC3)cc2)cc1.Cl. The third-order valence-electron chi connectivity index (χ3n) is 9.50. The van der Waals surface area contributed by atoms with E-state index < -0.39 is 19.7 Å². The Labute approximate surface area is 315 Å². The van der Waals surface area contributed by atoms with Gasteiger partial charge in [-0.25, -0.2) is 16.8 Å². The molecule has 0 atom stereocenters. The minimum Gasteiger partial charge on any atom is -0.492 e. The summed E-state index contributed by atoms with van der Waals surface area (Å²) in [6, 6.07) is 19.0. The van der Waals surface area contributed by atoms with Crippen molar-refractivity contribution in [3.8, 4) is 16.2 Å². The number of nitrogens with zero attached hydrogens (tertiary/aromatic N) is 1. The maximum absolute atomic E-state index is 14.3. The van der Waals surface area contributed by atoms with Gasteiger partial charge in [0.1, 0.15) is 12.4 Å². The van der Waals surface area contributed by atoms with Gasteiger partial charge in [-0.1, -0.05) is 77.0 Å². The van der Waals surface area contributed by atoms with Crippen molar-refractivity contribution < 1.29 is 26.4 Å². The summed E-state index contributed by atoms with van der Waals surface area (Å²) >= 11 is 1.36. The molecule has 7 nitrogen and oxygen atoms in total. The maximum atomic E-state index is 14.3. The number of rotatable bonds is 19. The molecule has 51 heavy (non-hydrogen) atoms. The normalized spacial score (nSPS) is 14.0. The fourth-order valence-corrected chi connectivity index (χ4v) is 10.6. The third kappa shape index (κ3) is 10.9. The number of unbranched alkanes of at least 4 members (excludes halogenated alkanes) is 6. The van der Waals surface area contributed by atoms with Crippen molar-refractivity contribution in [1.29, 1.82) is 0 Å². The fourth-order valence-electron chi connectivity index (χ4n) is 6.51. The van der Waals surface area contributed by atoms with Gasteiger partial charge in [-0.2, -0.15) is 0 Å². The lowest BCUT2D eigenvalue weighted by molar-refractivity contribution is 0.104. The van der Waals surface area contributed by atoms with Crippen LogP contribution in [0.1, 0.15) is 100 Å². The van der Waals surface area contributed by atoms with Crippen LogP contribution in [0.4, 0.5) is 0 Å². The number of piperidine rings is 1. The van der Waals surface area contributed by atoms with Gasteiger partial charge in [0.25, 0.3) is 0 Å². The number of sulfone groups is 2. The zero-order valence-corrected chi connectivity index (χ0v) is 33.2. The topological polar surface area (TPSA) is 97.8 Å². The molecule has 0 aliphatic carbocycles. The fraction of sp³-hybridized carbons (Fsp3) is 0.475. The van der Waals surface area contributed by atoms with Crippen LogP contribution < -0.4 is 4.74 Å². The Hall–Kier alpha value is -2.76. The van der Waals surface area contributed by atoms with Crippen molar-refractivity contribution in [3.05, 3.63) is 77.9 Å². The average molecular weight is 775 g/mol. The summed E-state index contributed by atoms with van der Waals surface area (Å²) in [5, 5.41) is 0.675. The molecule has 4 aromatic rings. The number of ketones is 1. The van der Waals surface area contributed by atoms with Crippen LogP contribution in [0.2, 0.25) is 0 Å². The summed E-state index contributed by atoms with van der Waals surface area (Å²) in [5.74, 6) is 0.707. The van der Waals surface area contributed by atoms with Crippen LogP contribution in [0.15, 0.2) is 76.5 Å². The van der Waals surface area contributed by atoms with E-state index >= 15 is 0 Å². The van der Waals surface area contributed by atoms with E-state index in [1.165, 1.54) is 30.6 Å². The van der Waals surface area contributed by atoms with Crippen molar-refractivity contribution in [2.75, 3.05) is 37.7 Å². The van der Waals surface area contributed by atoms with Crippen molar-refractivity contribution in [2.24, 2.45) is 0 Å². The Morgan fingerprint density at radius 1 is 0.725 bits per heavy atom. The minimum absolute atomic E-state index is 0. The zero-order chi connectivity index (χ0) is 35.6. The lowest BCUT2D eigenvalue weighted by Crippen LogP contribution is -2.33. The maximum Gasteiger partial charge on any atom is 0.195 e. The van der Waals surface area contributed by atoms with E-state index in [9.17, 15) is 21.6 Å². The first kappa shape index (κ1) is 41.0. The summed E-state index contributed by atoms with van der Waals surface area (Å²) in [6.45, 7) is 7.86. The molecule has 0 bridgehead atoms. The first-order valence-electron chi connectivity index (χ1n) is 18.3. The van der Waals surface area contributed by atoms with Gasteiger partial charge >= 0.3 is 0 Å². The average Bonchev–Trinajstić information content (AvgIpc) is 3.51. The Morgan fingerprint density at radius 3 is 1.92 bits per heavy atom. The van der Waals surface area contributed by atoms with Gasteiger partial charge in [0.2, 0.25) is 0 Å². The smallest absolute Gasteiger partial charge is 0.195 e. The molecule has 1 aromatic heterocycles. The van der Waals surface area contributed by atoms with E-state index in [0.717, 1.165) is 58.2 Å². The van der Waals surface area contributed by atoms with Crippen LogP contribution in [-0.2, 0) is 19.7 Å². The van der Waals surface area contributed by atoms with E-state index in [1.54, 1.807) is 54.6 Å². The van der Waals surface area contributed by atoms with Crippen LogP contribution in [0, 0.1) is 0 Å². The number of likely N-dealkylation sites (tertiary alicyclic amines) is 1. The summed E-state index contributed by atoms with van der Waals surface area (Å²) in [7, 11) is -6.92. The molecule has 0 unspecified atom stereocenters. The predicted molar refractivity (Wildman–Crippen MR) is 213 cm³/mol. The number of fused-ring (bicyclic) bond motifs is 1. The van der Waals surface area contributed by atoms with Gasteiger partial charge in [0.15, 0.2) is 25.5 Å². The minimum atomic E-state index is -3.49. The van der Waals surface area contributed by atoms with E-state index in [-0.39, 0.29) is 39.5 Å². The lowest BCUT2D eigenvalue weighted by Gasteiger charge is -2.26. The molecule has 11 heteroatoms. The number of thiophene rings is 1. The summed E-state index contributed by atoms with van der Waals surface area (Å²) in [5.41, 5.74) is 1.68. The molecule has 278 valence electrons. The molecular formula is C40H52ClNO6S3. The number of benzene rings is 3. The van der Waals surface area contributed by atoms with Crippen molar-refractivity contribution in [2.45, 2.75) is 94.3 Å². The van der Waals surface area contributed by atoms with E-state index in [2.05, 4.69) is 18.7 Å². The molecule has 1 fully saturated rings. The first-order valence-corrected chi connectivity index (χ1v) is 22.4. The third-order valence-corrected chi connectivity index (χ3v) is 14.3. The van der Waals surface area contributed by atoms with Gasteiger partial charge < -0.3 is 4.74 Å². The number of hydrogen-bond acceptors (Lipinski definition) is 8. The lowest BCUT2D eigenvalue weighted by atomic mass is 9.97. The molecule has 2 heterocycles. The van der Waals surface area contributed by atoms with Gasteiger partial charge in [-0.15, -0.1) is 23.7 Å². The summed E-state index contributed by atoms with van der Waals surface area (Å²) in [4.78, 5) is 17.9. The van der Waals surface area contributed by atoms with E-state index in [1.807, 2.05) is 12.1 Å². The molecule has 3 aromatic carbocycles. The number of carbonyl (C=O) groups excluding carboxylic acids is 1. The van der Waals surface area contributed by atoms with Crippen LogP contribution in [0.5, 0.6) is 5.75 Å². The monoisotopic (exact) mass is 773 g/mol. The van der Waals surface area contributed by atoms with Crippen molar-refractivity contribution >= 4 is 59.3 Å². The molecule has 0 spiro atoms. The highest BCUT2D eigenvalue weighted by Crippen LogP contribution is 2.41. The summed E-state index contributed by atoms with van der Waals surface area (Å²) in [6.07, 6.45) is 10.8. The van der Waals surface area contributed by atoms with Gasteiger partial charge in [0.05, 0.1) is 21.3 Å². The Bertz CT molecular complexity index is 1930. The van der Waals surface area contributed by atoms with Crippen molar-refractivity contribution in [3.63, 3.8) is 0 Å². The van der Waals surface area contributed by atoms with Gasteiger partial charge in [-0.05, 0) is 92.9 Å². The number of carbonyl (C=O) groups is 1. The molecule has 1 aliphatic heterocycles. The quantitative estimate of drug-likeness (QED) is 0.0691. The molecule has 1 aliphatic rings.